The minimum absolute atomic E-state index is 0.485. The van der Waals surface area contributed by atoms with Gasteiger partial charge in [-0.3, -0.25) is 0 Å². The summed E-state index contributed by atoms with van der Waals surface area (Å²) in [4.78, 5) is 8.09. The van der Waals surface area contributed by atoms with Crippen LogP contribution >= 0.6 is 0 Å². The lowest BCUT2D eigenvalue weighted by Crippen LogP contribution is -2.02. The number of ether oxygens (including phenoxy) is 1. The Hall–Kier alpha value is -2.30. The molecule has 1 aromatic carbocycles. The predicted molar refractivity (Wildman–Crippen MR) is 72.1 cm³/mol. The SMILES string of the molecule is CCOc1ccc(Nc2ncnc(N)c2C)cc1. The van der Waals surface area contributed by atoms with Crippen molar-refractivity contribution < 1.29 is 4.74 Å². The fraction of sp³-hybridized carbons (Fsp3) is 0.231. The molecule has 3 N–H and O–H groups in total. The third-order valence-corrected chi connectivity index (χ3v) is 2.55. The molecule has 0 fully saturated rings. The standard InChI is InChI=1S/C13H16N4O/c1-3-18-11-6-4-10(5-7-11)17-13-9(2)12(14)15-8-16-13/h4-8H,3H2,1-2H3,(H3,14,15,16,17). The highest BCUT2D eigenvalue weighted by atomic mass is 16.5. The summed E-state index contributed by atoms with van der Waals surface area (Å²) >= 11 is 0. The zero-order valence-corrected chi connectivity index (χ0v) is 10.5. The second-order valence-corrected chi connectivity index (χ2v) is 3.81. The molecule has 0 amide bonds. The van der Waals surface area contributed by atoms with Crippen molar-refractivity contribution >= 4 is 17.3 Å². The van der Waals surface area contributed by atoms with Crippen LogP contribution in [0.3, 0.4) is 0 Å². The molecule has 2 aromatic rings. The average molecular weight is 244 g/mol. The third-order valence-electron chi connectivity index (χ3n) is 2.55. The first-order chi connectivity index (χ1) is 8.70. The van der Waals surface area contributed by atoms with Gasteiger partial charge in [0.25, 0.3) is 0 Å². The molecule has 0 aliphatic rings. The zero-order valence-electron chi connectivity index (χ0n) is 10.5. The molecule has 0 saturated heterocycles. The van der Waals surface area contributed by atoms with Crippen molar-refractivity contribution in [3.8, 4) is 5.75 Å². The Labute approximate surface area is 106 Å². The first-order valence-corrected chi connectivity index (χ1v) is 5.77. The molecule has 1 heterocycles. The van der Waals surface area contributed by atoms with E-state index in [2.05, 4.69) is 15.3 Å². The van der Waals surface area contributed by atoms with Crippen LogP contribution < -0.4 is 15.8 Å². The fourth-order valence-electron chi connectivity index (χ4n) is 1.53. The number of nitrogens with one attached hydrogen (secondary N) is 1. The zero-order chi connectivity index (χ0) is 13.0. The summed E-state index contributed by atoms with van der Waals surface area (Å²) in [6, 6.07) is 7.68. The van der Waals surface area contributed by atoms with Crippen LogP contribution in [-0.4, -0.2) is 16.6 Å². The van der Waals surface area contributed by atoms with Crippen LogP contribution in [0.2, 0.25) is 0 Å². The monoisotopic (exact) mass is 244 g/mol. The smallest absolute Gasteiger partial charge is 0.138 e. The van der Waals surface area contributed by atoms with Crippen molar-refractivity contribution in [2.75, 3.05) is 17.7 Å². The lowest BCUT2D eigenvalue weighted by atomic mass is 10.2. The molecule has 0 saturated carbocycles. The maximum absolute atomic E-state index is 5.73. The van der Waals surface area contributed by atoms with Gasteiger partial charge in [0.1, 0.15) is 23.7 Å². The molecule has 18 heavy (non-hydrogen) atoms. The Morgan fingerprint density at radius 1 is 1.22 bits per heavy atom. The summed E-state index contributed by atoms with van der Waals surface area (Å²) in [5.74, 6) is 2.05. The van der Waals surface area contributed by atoms with E-state index in [1.165, 1.54) is 6.33 Å². The van der Waals surface area contributed by atoms with Crippen molar-refractivity contribution in [1.29, 1.82) is 0 Å². The minimum atomic E-state index is 0.485. The molecular weight excluding hydrogens is 228 g/mol. The molecule has 0 bridgehead atoms. The molecule has 5 heteroatoms. The van der Waals surface area contributed by atoms with Crippen LogP contribution in [0, 0.1) is 6.92 Å². The van der Waals surface area contributed by atoms with Gasteiger partial charge in [-0.05, 0) is 38.1 Å². The summed E-state index contributed by atoms with van der Waals surface area (Å²) in [7, 11) is 0. The van der Waals surface area contributed by atoms with Gasteiger partial charge in [0.2, 0.25) is 0 Å². The summed E-state index contributed by atoms with van der Waals surface area (Å²) in [5.41, 5.74) is 7.50. The van der Waals surface area contributed by atoms with Crippen molar-refractivity contribution in [3.05, 3.63) is 36.2 Å². The second kappa shape index (κ2) is 5.35. The van der Waals surface area contributed by atoms with Gasteiger partial charge < -0.3 is 15.8 Å². The number of nitrogens with two attached hydrogens (primary N) is 1. The number of rotatable bonds is 4. The summed E-state index contributed by atoms with van der Waals surface area (Å²) in [6.07, 6.45) is 1.44. The molecule has 0 aliphatic carbocycles. The molecule has 0 unspecified atom stereocenters. The highest BCUT2D eigenvalue weighted by molar-refractivity contribution is 5.63. The number of nitrogens with zero attached hydrogens (tertiary/aromatic N) is 2. The predicted octanol–water partition coefficient (Wildman–Crippen LogP) is 2.51. The van der Waals surface area contributed by atoms with E-state index >= 15 is 0 Å². The molecular formula is C13H16N4O. The fourth-order valence-corrected chi connectivity index (χ4v) is 1.53. The van der Waals surface area contributed by atoms with Crippen LogP contribution in [0.1, 0.15) is 12.5 Å². The summed E-state index contributed by atoms with van der Waals surface area (Å²) in [6.45, 7) is 4.50. The van der Waals surface area contributed by atoms with E-state index in [0.29, 0.717) is 18.2 Å². The molecule has 5 nitrogen and oxygen atoms in total. The maximum Gasteiger partial charge on any atom is 0.138 e. The van der Waals surface area contributed by atoms with Crippen molar-refractivity contribution in [1.82, 2.24) is 9.97 Å². The van der Waals surface area contributed by atoms with Gasteiger partial charge >= 0.3 is 0 Å². The van der Waals surface area contributed by atoms with Crippen LogP contribution in [0.25, 0.3) is 0 Å². The van der Waals surface area contributed by atoms with E-state index in [4.69, 9.17) is 10.5 Å². The number of benzene rings is 1. The highest BCUT2D eigenvalue weighted by Gasteiger charge is 2.04. The van der Waals surface area contributed by atoms with Gasteiger partial charge in [0.05, 0.1) is 6.61 Å². The first kappa shape index (κ1) is 12.2. The maximum atomic E-state index is 5.73. The number of nitrogen functional groups attached to an aromatic ring is 1. The van der Waals surface area contributed by atoms with Crippen molar-refractivity contribution in [2.45, 2.75) is 13.8 Å². The van der Waals surface area contributed by atoms with Crippen molar-refractivity contribution in [3.63, 3.8) is 0 Å². The third kappa shape index (κ3) is 2.68. The summed E-state index contributed by atoms with van der Waals surface area (Å²) < 4.78 is 5.38. The lowest BCUT2D eigenvalue weighted by molar-refractivity contribution is 0.340. The van der Waals surface area contributed by atoms with E-state index in [9.17, 15) is 0 Å². The van der Waals surface area contributed by atoms with Crippen LogP contribution in [0.15, 0.2) is 30.6 Å². The van der Waals surface area contributed by atoms with Crippen LogP contribution in [0.4, 0.5) is 17.3 Å². The van der Waals surface area contributed by atoms with Gasteiger partial charge in [0, 0.05) is 11.3 Å². The van der Waals surface area contributed by atoms with E-state index in [1.807, 2.05) is 38.1 Å². The molecule has 0 spiro atoms. The number of hydrogen-bond acceptors (Lipinski definition) is 5. The Kier molecular flexibility index (Phi) is 3.62. The van der Waals surface area contributed by atoms with Gasteiger partial charge in [-0.25, -0.2) is 9.97 Å². The minimum Gasteiger partial charge on any atom is -0.494 e. The first-order valence-electron chi connectivity index (χ1n) is 5.77. The molecule has 1 aromatic heterocycles. The Morgan fingerprint density at radius 3 is 2.61 bits per heavy atom. The summed E-state index contributed by atoms with van der Waals surface area (Å²) in [5, 5.41) is 3.20. The van der Waals surface area contributed by atoms with Crippen molar-refractivity contribution in [2.24, 2.45) is 0 Å². The molecule has 94 valence electrons. The Bertz CT molecular complexity index is 525. The Morgan fingerprint density at radius 2 is 1.94 bits per heavy atom. The van der Waals surface area contributed by atoms with Gasteiger partial charge in [-0.1, -0.05) is 0 Å². The number of anilines is 3. The topological polar surface area (TPSA) is 73.1 Å². The number of hydrogen-bond donors (Lipinski definition) is 2. The lowest BCUT2D eigenvalue weighted by Gasteiger charge is -2.10. The average Bonchev–Trinajstić information content (AvgIpc) is 2.38. The van der Waals surface area contributed by atoms with Crippen LogP contribution in [0.5, 0.6) is 5.75 Å². The van der Waals surface area contributed by atoms with E-state index < -0.39 is 0 Å². The van der Waals surface area contributed by atoms with Gasteiger partial charge in [-0.15, -0.1) is 0 Å². The normalized spacial score (nSPS) is 10.1. The molecule has 0 aliphatic heterocycles. The van der Waals surface area contributed by atoms with Gasteiger partial charge in [-0.2, -0.15) is 0 Å². The molecule has 0 radical (unpaired) electrons. The van der Waals surface area contributed by atoms with E-state index in [1.54, 1.807) is 0 Å². The van der Waals surface area contributed by atoms with Crippen LogP contribution in [-0.2, 0) is 0 Å². The van der Waals surface area contributed by atoms with Gasteiger partial charge in [0.15, 0.2) is 0 Å². The molecule has 2 rings (SSSR count). The molecule has 0 atom stereocenters. The Balaban J connectivity index is 2.16. The van der Waals surface area contributed by atoms with E-state index in [-0.39, 0.29) is 0 Å². The quantitative estimate of drug-likeness (QED) is 0.864. The highest BCUT2D eigenvalue weighted by Crippen LogP contribution is 2.22. The largest absolute Gasteiger partial charge is 0.494 e. The number of aromatic nitrogens is 2. The second-order valence-electron chi connectivity index (χ2n) is 3.81. The van der Waals surface area contributed by atoms with E-state index in [0.717, 1.165) is 17.0 Å².